The Morgan fingerprint density at radius 3 is 2.44 bits per heavy atom. The van der Waals surface area contributed by atoms with E-state index in [9.17, 15) is 8.78 Å². The van der Waals surface area contributed by atoms with Crippen molar-refractivity contribution in [3.63, 3.8) is 0 Å². The number of nitrogens with one attached hydrogen (secondary N) is 1. The van der Waals surface area contributed by atoms with Crippen LogP contribution in [0.15, 0.2) is 29.3 Å². The van der Waals surface area contributed by atoms with Crippen molar-refractivity contribution >= 4 is 75.6 Å². The average molecular weight is 646 g/mol. The van der Waals surface area contributed by atoms with E-state index in [1.807, 2.05) is 6.07 Å². The molecule has 1 atom stereocenters. The Kier molecular flexibility index (Phi) is 10.1. The van der Waals surface area contributed by atoms with Gasteiger partial charge in [0.05, 0.1) is 23.6 Å². The van der Waals surface area contributed by atoms with E-state index >= 15 is 0 Å². The van der Waals surface area contributed by atoms with E-state index in [0.29, 0.717) is 23.3 Å². The summed E-state index contributed by atoms with van der Waals surface area (Å²) >= 11 is 3.80. The number of aromatic nitrogens is 1. The van der Waals surface area contributed by atoms with Crippen molar-refractivity contribution in [1.29, 1.82) is 0 Å². The van der Waals surface area contributed by atoms with Crippen molar-refractivity contribution in [2.24, 2.45) is 4.99 Å². The Balaban J connectivity index is 1.74. The third kappa shape index (κ3) is 6.81. The van der Waals surface area contributed by atoms with Crippen molar-refractivity contribution < 1.29 is 8.78 Å². The first-order valence-corrected chi connectivity index (χ1v) is 17.8. The SMILES string of the molecule is C=Nc1c(Nc2ccc(C3CCCCCC3)cc2N(C)SC)cc(C2CC2)nc1N(CC(F)F)PI. The van der Waals surface area contributed by atoms with E-state index in [0.717, 1.165) is 35.6 Å². The average Bonchev–Trinajstić information content (AvgIpc) is 3.74. The molecule has 1 unspecified atom stereocenters. The number of aliphatic imine (C=N–C) groups is 1. The summed E-state index contributed by atoms with van der Waals surface area (Å²) < 4.78 is 30.5. The molecular weight excluding hydrogens is 610 g/mol. The first kappa shape index (κ1) is 27.8. The van der Waals surface area contributed by atoms with Gasteiger partial charge in [0.2, 0.25) is 0 Å². The molecule has 1 N–H and O–H groups in total. The van der Waals surface area contributed by atoms with Gasteiger partial charge in [-0.3, -0.25) is 4.99 Å². The van der Waals surface area contributed by atoms with E-state index in [-0.39, 0.29) is 12.9 Å². The van der Waals surface area contributed by atoms with Gasteiger partial charge in [0.15, 0.2) is 5.82 Å². The number of rotatable bonds is 11. The highest BCUT2D eigenvalue weighted by molar-refractivity contribution is 14.2. The maximum Gasteiger partial charge on any atom is 0.256 e. The van der Waals surface area contributed by atoms with Crippen LogP contribution in [0.4, 0.5) is 37.3 Å². The molecule has 1 heterocycles. The van der Waals surface area contributed by atoms with Crippen LogP contribution >= 0.6 is 40.4 Å². The van der Waals surface area contributed by atoms with Gasteiger partial charge in [-0.2, -0.15) is 0 Å². The molecule has 10 heteroatoms. The highest BCUT2D eigenvalue weighted by Gasteiger charge is 2.29. The normalized spacial score (nSPS) is 16.9. The quantitative estimate of drug-likeness (QED) is 0.0868. The first-order chi connectivity index (χ1) is 17.4. The lowest BCUT2D eigenvalue weighted by atomic mass is 9.91. The minimum absolute atomic E-state index is 0.120. The number of alkyl halides is 2. The number of hydrogen-bond donors (Lipinski definition) is 1. The van der Waals surface area contributed by atoms with E-state index in [1.54, 1.807) is 16.6 Å². The number of pyridine rings is 1. The molecule has 196 valence electrons. The Bertz CT molecular complexity index is 1050. The van der Waals surface area contributed by atoms with Crippen molar-refractivity contribution in [3.05, 3.63) is 35.5 Å². The third-order valence-corrected chi connectivity index (χ3v) is 10.1. The molecule has 2 aliphatic carbocycles. The summed E-state index contributed by atoms with van der Waals surface area (Å²) in [5.74, 6) is 1.46. The zero-order chi connectivity index (χ0) is 25.7. The van der Waals surface area contributed by atoms with Crippen LogP contribution in [0.2, 0.25) is 0 Å². The van der Waals surface area contributed by atoms with E-state index in [4.69, 9.17) is 4.98 Å². The molecule has 0 amide bonds. The van der Waals surface area contributed by atoms with Crippen molar-refractivity contribution in [2.45, 2.75) is 69.6 Å². The Morgan fingerprint density at radius 1 is 1.14 bits per heavy atom. The lowest BCUT2D eigenvalue weighted by molar-refractivity contribution is 0.159. The maximum absolute atomic E-state index is 13.4. The Hall–Kier alpha value is -1.19. The summed E-state index contributed by atoms with van der Waals surface area (Å²) in [4.78, 5) is 9.08. The molecule has 2 fully saturated rings. The maximum atomic E-state index is 13.4. The van der Waals surface area contributed by atoms with Gasteiger partial charge in [0, 0.05) is 31.3 Å². The Morgan fingerprint density at radius 2 is 1.86 bits per heavy atom. The molecule has 0 saturated heterocycles. The van der Waals surface area contributed by atoms with Gasteiger partial charge in [-0.15, -0.1) is 0 Å². The highest BCUT2D eigenvalue weighted by Crippen LogP contribution is 2.48. The summed E-state index contributed by atoms with van der Waals surface area (Å²) in [6.45, 7) is 3.41. The van der Waals surface area contributed by atoms with Gasteiger partial charge >= 0.3 is 0 Å². The van der Waals surface area contributed by atoms with Crippen LogP contribution in [0.5, 0.6) is 0 Å². The molecule has 4 rings (SSSR count). The van der Waals surface area contributed by atoms with Gasteiger partial charge in [-0.1, -0.05) is 43.7 Å². The summed E-state index contributed by atoms with van der Waals surface area (Å²) in [6, 6.07) is 8.75. The first-order valence-electron chi connectivity index (χ1n) is 12.6. The highest BCUT2D eigenvalue weighted by atomic mass is 127. The van der Waals surface area contributed by atoms with Gasteiger partial charge in [-0.05, 0) is 84.1 Å². The standard InChI is InChI=1S/C26H35F2IN5PS/c1-30-25-22(15-21(18-10-11-18)32-26(25)34(35-29)16-24(27)28)31-20-13-12-19(14-23(20)33(2)36-3)17-8-6-4-5-7-9-17/h12-15,17-18,24,35H,1,4-11,16H2,2-3H3,(H,31,32). The second-order valence-electron chi connectivity index (χ2n) is 9.56. The summed E-state index contributed by atoms with van der Waals surface area (Å²) in [5, 5.41) is 3.60. The molecular formula is C26H35F2IN5PS. The fourth-order valence-corrected chi connectivity index (χ4v) is 6.96. The monoisotopic (exact) mass is 645 g/mol. The molecule has 0 spiro atoms. The second-order valence-corrected chi connectivity index (χ2v) is 12.6. The van der Waals surface area contributed by atoms with Gasteiger partial charge in [0.25, 0.3) is 6.43 Å². The van der Waals surface area contributed by atoms with Crippen LogP contribution in [-0.2, 0) is 0 Å². The van der Waals surface area contributed by atoms with Crippen LogP contribution in [-0.4, -0.2) is 38.0 Å². The van der Waals surface area contributed by atoms with Gasteiger partial charge in [0.1, 0.15) is 5.69 Å². The van der Waals surface area contributed by atoms with Gasteiger partial charge < -0.3 is 14.3 Å². The van der Waals surface area contributed by atoms with E-state index in [2.05, 4.69) is 74.9 Å². The number of anilines is 4. The minimum Gasteiger partial charge on any atom is -0.352 e. The number of nitrogens with zero attached hydrogens (tertiary/aromatic N) is 4. The molecule has 2 saturated carbocycles. The van der Waals surface area contributed by atoms with Crippen molar-refractivity contribution in [1.82, 2.24) is 4.98 Å². The fraction of sp³-hybridized carbons (Fsp3) is 0.538. The van der Waals surface area contributed by atoms with Crippen LogP contribution in [0.3, 0.4) is 0 Å². The van der Waals surface area contributed by atoms with E-state index < -0.39 is 6.43 Å². The summed E-state index contributed by atoms with van der Waals surface area (Å²) in [5.41, 5.74) is 5.68. The molecule has 1 aromatic heterocycles. The zero-order valence-electron chi connectivity index (χ0n) is 20.9. The molecule has 2 aliphatic rings. The van der Waals surface area contributed by atoms with Crippen LogP contribution in [0.1, 0.15) is 74.5 Å². The van der Waals surface area contributed by atoms with E-state index in [1.165, 1.54) is 44.1 Å². The lowest BCUT2D eigenvalue weighted by Crippen LogP contribution is -2.21. The van der Waals surface area contributed by atoms with Gasteiger partial charge in [-0.25, -0.2) is 13.8 Å². The minimum atomic E-state index is -2.45. The number of hydrogen-bond acceptors (Lipinski definition) is 6. The molecule has 5 nitrogen and oxygen atoms in total. The van der Waals surface area contributed by atoms with Crippen LogP contribution in [0.25, 0.3) is 0 Å². The summed E-state index contributed by atoms with van der Waals surface area (Å²) in [6.07, 6.45) is 9.63. The fourth-order valence-electron chi connectivity index (χ4n) is 4.90. The summed E-state index contributed by atoms with van der Waals surface area (Å²) in [7, 11) is 2.07. The Labute approximate surface area is 232 Å². The molecule has 1 aromatic carbocycles. The zero-order valence-corrected chi connectivity index (χ0v) is 24.9. The molecule has 2 aromatic rings. The van der Waals surface area contributed by atoms with Crippen molar-refractivity contribution in [2.75, 3.05) is 34.1 Å². The van der Waals surface area contributed by atoms with Crippen LogP contribution < -0.4 is 14.3 Å². The molecule has 36 heavy (non-hydrogen) atoms. The number of halogens is 3. The van der Waals surface area contributed by atoms with Crippen LogP contribution in [0, 0.1) is 0 Å². The third-order valence-electron chi connectivity index (χ3n) is 7.06. The second kappa shape index (κ2) is 13.1. The largest absolute Gasteiger partial charge is 0.352 e. The number of benzene rings is 1. The molecule has 0 radical (unpaired) electrons. The van der Waals surface area contributed by atoms with Crippen molar-refractivity contribution in [3.8, 4) is 0 Å². The molecule has 0 bridgehead atoms. The predicted molar refractivity (Wildman–Crippen MR) is 163 cm³/mol. The predicted octanol–water partition coefficient (Wildman–Crippen LogP) is 9.20. The lowest BCUT2D eigenvalue weighted by Gasteiger charge is -2.26. The molecule has 0 aliphatic heterocycles. The topological polar surface area (TPSA) is 43.8 Å². The smallest absolute Gasteiger partial charge is 0.256 e.